The second-order valence-corrected chi connectivity index (χ2v) is 8.85. The third kappa shape index (κ3) is 5.50. The fourth-order valence-electron chi connectivity index (χ4n) is 3.76. The first-order valence-corrected chi connectivity index (χ1v) is 11.6. The zero-order chi connectivity index (χ0) is 22.3. The second-order valence-electron chi connectivity index (χ2n) is 7.84. The molecule has 0 radical (unpaired) electrons. The number of rotatable bonds is 7. The number of nitrogens with one attached hydrogen (secondary N) is 2. The summed E-state index contributed by atoms with van der Waals surface area (Å²) in [7, 11) is 1.62. The molecule has 0 saturated heterocycles. The quantitative estimate of drug-likeness (QED) is 0.540. The predicted octanol–water partition coefficient (Wildman–Crippen LogP) is 4.78. The van der Waals surface area contributed by atoms with Crippen LogP contribution in [0.5, 0.6) is 5.75 Å². The van der Waals surface area contributed by atoms with E-state index in [1.165, 1.54) is 30.6 Å². The van der Waals surface area contributed by atoms with Gasteiger partial charge in [-0.15, -0.1) is 10.2 Å². The molecule has 2 amide bonds. The third-order valence-electron chi connectivity index (χ3n) is 5.61. The van der Waals surface area contributed by atoms with Crippen molar-refractivity contribution >= 4 is 28.8 Å². The normalized spacial score (nSPS) is 14.0. The van der Waals surface area contributed by atoms with E-state index in [1.54, 1.807) is 31.4 Å². The van der Waals surface area contributed by atoms with E-state index < -0.39 is 0 Å². The highest BCUT2D eigenvalue weighted by atomic mass is 32.1. The molecule has 32 heavy (non-hydrogen) atoms. The van der Waals surface area contributed by atoms with Crippen molar-refractivity contribution < 1.29 is 14.3 Å². The lowest BCUT2D eigenvalue weighted by molar-refractivity contribution is 0.0950. The summed E-state index contributed by atoms with van der Waals surface area (Å²) >= 11 is 1.38. The molecule has 7 nitrogen and oxygen atoms in total. The summed E-state index contributed by atoms with van der Waals surface area (Å²) in [5.41, 5.74) is 2.11. The number of nitrogens with zero attached hydrogens (tertiary/aromatic N) is 2. The van der Waals surface area contributed by atoms with Crippen LogP contribution in [0, 0.1) is 0 Å². The molecule has 0 spiro atoms. The molecule has 4 rings (SSSR count). The molecule has 1 aliphatic carbocycles. The number of hydrogen-bond acceptors (Lipinski definition) is 6. The lowest BCUT2D eigenvalue weighted by Gasteiger charge is -2.18. The van der Waals surface area contributed by atoms with Gasteiger partial charge in [-0.25, -0.2) is 0 Å². The van der Waals surface area contributed by atoms with E-state index in [-0.39, 0.29) is 11.8 Å². The van der Waals surface area contributed by atoms with Gasteiger partial charge in [-0.05, 0) is 54.8 Å². The van der Waals surface area contributed by atoms with E-state index in [4.69, 9.17) is 4.74 Å². The van der Waals surface area contributed by atoms with Gasteiger partial charge in [0.05, 0.1) is 7.11 Å². The smallest absolute Gasteiger partial charge is 0.286 e. The van der Waals surface area contributed by atoms with Crippen LogP contribution in [0.25, 0.3) is 0 Å². The van der Waals surface area contributed by atoms with Crippen molar-refractivity contribution in [2.24, 2.45) is 0 Å². The molecule has 8 heteroatoms. The van der Waals surface area contributed by atoms with Gasteiger partial charge in [-0.2, -0.15) is 0 Å². The van der Waals surface area contributed by atoms with Gasteiger partial charge in [-0.1, -0.05) is 42.7 Å². The molecule has 1 saturated carbocycles. The predicted molar refractivity (Wildman–Crippen MR) is 124 cm³/mol. The van der Waals surface area contributed by atoms with Gasteiger partial charge in [0.1, 0.15) is 10.8 Å². The van der Waals surface area contributed by atoms with Crippen LogP contribution in [0.1, 0.15) is 68.8 Å². The van der Waals surface area contributed by atoms with Crippen molar-refractivity contribution in [3.8, 4) is 5.75 Å². The van der Waals surface area contributed by atoms with Crippen molar-refractivity contribution in [1.29, 1.82) is 0 Å². The summed E-state index contributed by atoms with van der Waals surface area (Å²) in [5, 5.41) is 15.4. The second kappa shape index (κ2) is 10.4. The van der Waals surface area contributed by atoms with Crippen LogP contribution < -0.4 is 15.4 Å². The van der Waals surface area contributed by atoms with E-state index in [1.807, 2.05) is 24.3 Å². The lowest BCUT2D eigenvalue weighted by atomic mass is 9.90. The Morgan fingerprint density at radius 3 is 2.38 bits per heavy atom. The van der Waals surface area contributed by atoms with Crippen molar-refractivity contribution in [2.75, 3.05) is 12.4 Å². The maximum absolute atomic E-state index is 12.5. The zero-order valence-electron chi connectivity index (χ0n) is 18.0. The molecule has 3 aromatic rings. The largest absolute Gasteiger partial charge is 0.497 e. The minimum Gasteiger partial charge on any atom is -0.497 e. The first kappa shape index (κ1) is 22.0. The summed E-state index contributed by atoms with van der Waals surface area (Å²) in [6.07, 6.45) is 5.95. The highest BCUT2D eigenvalue weighted by Gasteiger charge is 2.21. The highest BCUT2D eigenvalue weighted by Crippen LogP contribution is 2.34. The third-order valence-corrected chi connectivity index (χ3v) is 6.69. The van der Waals surface area contributed by atoms with Gasteiger partial charge in [0, 0.05) is 23.7 Å². The van der Waals surface area contributed by atoms with E-state index in [0.29, 0.717) is 28.7 Å². The SMILES string of the molecule is COc1ccc(CNC(=O)c2ccc(NC(=O)c3nnc(C4CCCCC4)s3)cc2)cc1. The molecule has 166 valence electrons. The van der Waals surface area contributed by atoms with Crippen LogP contribution in [-0.4, -0.2) is 29.1 Å². The number of anilines is 1. The van der Waals surface area contributed by atoms with Gasteiger partial charge in [0.25, 0.3) is 11.8 Å². The first-order valence-electron chi connectivity index (χ1n) is 10.8. The Bertz CT molecular complexity index is 1060. The van der Waals surface area contributed by atoms with Gasteiger partial charge in [0.2, 0.25) is 5.01 Å². The van der Waals surface area contributed by atoms with Gasteiger partial charge >= 0.3 is 0 Å². The number of methoxy groups -OCH3 is 1. The molecule has 2 N–H and O–H groups in total. The molecule has 0 atom stereocenters. The Morgan fingerprint density at radius 2 is 1.69 bits per heavy atom. The number of amides is 2. The molecule has 1 fully saturated rings. The number of carbonyl (C=O) groups excluding carboxylic acids is 2. The Labute approximate surface area is 191 Å². The standard InChI is InChI=1S/C24H26N4O3S/c1-31-20-13-7-16(8-14-20)15-25-21(29)17-9-11-19(12-10-17)26-22(30)24-28-27-23(32-24)18-5-3-2-4-6-18/h7-14,18H,2-6,15H2,1H3,(H,25,29)(H,26,30). The van der Waals surface area contributed by atoms with Crippen LogP contribution >= 0.6 is 11.3 Å². The molecule has 1 aromatic heterocycles. The number of aromatic nitrogens is 2. The molecule has 1 heterocycles. The number of carbonyl (C=O) groups is 2. The summed E-state index contributed by atoms with van der Waals surface area (Å²) in [5.74, 6) is 0.746. The highest BCUT2D eigenvalue weighted by molar-refractivity contribution is 7.13. The van der Waals surface area contributed by atoms with E-state index in [9.17, 15) is 9.59 Å². The van der Waals surface area contributed by atoms with E-state index in [2.05, 4.69) is 20.8 Å². The molecule has 1 aliphatic rings. The number of hydrogen-bond donors (Lipinski definition) is 2. The minimum absolute atomic E-state index is 0.181. The topological polar surface area (TPSA) is 93.2 Å². The van der Waals surface area contributed by atoms with Gasteiger partial charge in [0.15, 0.2) is 0 Å². The molecular formula is C24H26N4O3S. The van der Waals surface area contributed by atoms with Crippen LogP contribution in [-0.2, 0) is 6.54 Å². The fraction of sp³-hybridized carbons (Fsp3) is 0.333. The minimum atomic E-state index is -0.277. The maximum atomic E-state index is 12.5. The summed E-state index contributed by atoms with van der Waals surface area (Å²) < 4.78 is 5.14. The van der Waals surface area contributed by atoms with E-state index >= 15 is 0 Å². The molecule has 2 aromatic carbocycles. The van der Waals surface area contributed by atoms with Crippen LogP contribution in [0.2, 0.25) is 0 Å². The molecular weight excluding hydrogens is 424 g/mol. The fourth-order valence-corrected chi connectivity index (χ4v) is 4.67. The Balaban J connectivity index is 1.30. The van der Waals surface area contributed by atoms with Crippen LogP contribution in [0.3, 0.4) is 0 Å². The molecule has 0 bridgehead atoms. The molecule has 0 unspecified atom stereocenters. The van der Waals surface area contributed by atoms with Crippen molar-refractivity contribution in [3.63, 3.8) is 0 Å². The summed E-state index contributed by atoms with van der Waals surface area (Å²) in [6, 6.07) is 14.3. The summed E-state index contributed by atoms with van der Waals surface area (Å²) in [6.45, 7) is 0.418. The Kier molecular flexibility index (Phi) is 7.11. The number of ether oxygens (including phenoxy) is 1. The van der Waals surface area contributed by atoms with Crippen molar-refractivity contribution in [2.45, 2.75) is 44.6 Å². The maximum Gasteiger partial charge on any atom is 0.286 e. The van der Waals surface area contributed by atoms with Crippen molar-refractivity contribution in [3.05, 3.63) is 69.7 Å². The number of benzene rings is 2. The van der Waals surface area contributed by atoms with Crippen LogP contribution in [0.15, 0.2) is 48.5 Å². The Morgan fingerprint density at radius 1 is 0.969 bits per heavy atom. The monoisotopic (exact) mass is 450 g/mol. The van der Waals surface area contributed by atoms with Gasteiger partial charge < -0.3 is 15.4 Å². The van der Waals surface area contributed by atoms with Crippen LogP contribution in [0.4, 0.5) is 5.69 Å². The average Bonchev–Trinajstić information content (AvgIpc) is 3.34. The summed E-state index contributed by atoms with van der Waals surface area (Å²) in [4.78, 5) is 25.0. The van der Waals surface area contributed by atoms with E-state index in [0.717, 1.165) is 29.2 Å². The Hall–Kier alpha value is -3.26. The molecule has 0 aliphatic heterocycles. The average molecular weight is 451 g/mol. The first-order chi connectivity index (χ1) is 15.6. The van der Waals surface area contributed by atoms with Gasteiger partial charge in [-0.3, -0.25) is 9.59 Å². The van der Waals surface area contributed by atoms with Crippen molar-refractivity contribution in [1.82, 2.24) is 15.5 Å². The zero-order valence-corrected chi connectivity index (χ0v) is 18.8. The lowest BCUT2D eigenvalue weighted by Crippen LogP contribution is -2.22.